The van der Waals surface area contributed by atoms with Crippen LogP contribution < -0.4 is 5.32 Å². The highest BCUT2D eigenvalue weighted by molar-refractivity contribution is 7.90. The van der Waals surface area contributed by atoms with Gasteiger partial charge < -0.3 is 10.2 Å². The minimum absolute atomic E-state index is 0.150. The van der Waals surface area contributed by atoms with Crippen molar-refractivity contribution < 1.29 is 13.3 Å². The highest BCUT2D eigenvalue weighted by atomic mass is 32.2. The maximum Gasteiger partial charge on any atom is 0.310 e. The molecule has 0 saturated heterocycles. The number of nitro benzene ring substituents is 1. The van der Waals surface area contributed by atoms with Gasteiger partial charge in [0.25, 0.3) is 0 Å². The molecule has 7 nitrogen and oxygen atoms in total. The van der Waals surface area contributed by atoms with Crippen LogP contribution in [0.15, 0.2) is 23.1 Å². The van der Waals surface area contributed by atoms with Crippen LogP contribution in [0, 0.1) is 10.1 Å². The summed E-state index contributed by atoms with van der Waals surface area (Å²) in [6.07, 6.45) is 0.960. The van der Waals surface area contributed by atoms with E-state index in [2.05, 4.69) is 5.32 Å². The van der Waals surface area contributed by atoms with Crippen molar-refractivity contribution in [3.8, 4) is 0 Å². The number of hydrogen-bond acceptors (Lipinski definition) is 6. The topological polar surface area (TPSA) is 92.5 Å². The van der Waals surface area contributed by atoms with E-state index in [4.69, 9.17) is 0 Å². The fraction of sp³-hybridized carbons (Fsp3) is 0.500. The van der Waals surface area contributed by atoms with Crippen LogP contribution in [-0.2, 0) is 9.84 Å². The SMILES string of the molecule is CC(CNc1cccc(S(C)(=O)=O)c1[N+](=O)[O-])N(C)C. The van der Waals surface area contributed by atoms with E-state index in [0.29, 0.717) is 6.54 Å². The van der Waals surface area contributed by atoms with Gasteiger partial charge in [-0.15, -0.1) is 0 Å². The first kappa shape index (κ1) is 16.4. The number of likely N-dealkylation sites (N-methyl/N-ethyl adjacent to an activating group) is 1. The molecule has 0 aromatic heterocycles. The normalized spacial score (nSPS) is 13.2. The van der Waals surface area contributed by atoms with E-state index in [1.54, 1.807) is 0 Å². The highest BCUT2D eigenvalue weighted by Gasteiger charge is 2.26. The average Bonchev–Trinajstić information content (AvgIpc) is 2.33. The molecule has 1 rings (SSSR count). The maximum absolute atomic E-state index is 11.6. The molecular formula is C12H19N3O4S. The van der Waals surface area contributed by atoms with Gasteiger partial charge in [0, 0.05) is 18.8 Å². The molecule has 0 radical (unpaired) electrons. The number of sulfone groups is 1. The van der Waals surface area contributed by atoms with Crippen molar-refractivity contribution in [1.29, 1.82) is 0 Å². The molecule has 0 aliphatic carbocycles. The average molecular weight is 301 g/mol. The monoisotopic (exact) mass is 301 g/mol. The molecule has 1 aromatic rings. The summed E-state index contributed by atoms with van der Waals surface area (Å²) in [5.74, 6) is 0. The molecule has 0 bridgehead atoms. The third-order valence-corrected chi connectivity index (χ3v) is 4.18. The second-order valence-electron chi connectivity index (χ2n) is 4.88. The van der Waals surface area contributed by atoms with Crippen molar-refractivity contribution >= 4 is 21.2 Å². The lowest BCUT2D eigenvalue weighted by Crippen LogP contribution is -2.31. The van der Waals surface area contributed by atoms with Crippen molar-refractivity contribution in [2.45, 2.75) is 17.9 Å². The van der Waals surface area contributed by atoms with E-state index in [9.17, 15) is 18.5 Å². The van der Waals surface area contributed by atoms with Gasteiger partial charge in [-0.05, 0) is 33.2 Å². The van der Waals surface area contributed by atoms with Crippen LogP contribution in [0.3, 0.4) is 0 Å². The minimum Gasteiger partial charge on any atom is -0.378 e. The minimum atomic E-state index is -3.65. The van der Waals surface area contributed by atoms with Crippen LogP contribution >= 0.6 is 0 Å². The predicted octanol–water partition coefficient (Wildman–Crippen LogP) is 1.36. The fourth-order valence-corrected chi connectivity index (χ4v) is 2.45. The molecule has 1 unspecified atom stereocenters. The first-order valence-corrected chi connectivity index (χ1v) is 7.91. The van der Waals surface area contributed by atoms with Gasteiger partial charge in [-0.1, -0.05) is 6.07 Å². The number of nitrogens with one attached hydrogen (secondary N) is 1. The number of nitro groups is 1. The van der Waals surface area contributed by atoms with Crippen molar-refractivity contribution in [2.75, 3.05) is 32.2 Å². The van der Waals surface area contributed by atoms with Gasteiger partial charge >= 0.3 is 5.69 Å². The van der Waals surface area contributed by atoms with Crippen LogP contribution in [0.1, 0.15) is 6.92 Å². The molecule has 0 heterocycles. The van der Waals surface area contributed by atoms with Crippen molar-refractivity contribution in [3.63, 3.8) is 0 Å². The van der Waals surface area contributed by atoms with E-state index in [-0.39, 0.29) is 16.6 Å². The quantitative estimate of drug-likeness (QED) is 0.630. The van der Waals surface area contributed by atoms with Gasteiger partial charge in [0.05, 0.1) is 4.92 Å². The van der Waals surface area contributed by atoms with Crippen molar-refractivity contribution in [1.82, 2.24) is 4.90 Å². The number of nitrogens with zero attached hydrogens (tertiary/aromatic N) is 2. The van der Waals surface area contributed by atoms with E-state index in [1.165, 1.54) is 18.2 Å². The molecule has 0 saturated carbocycles. The molecular weight excluding hydrogens is 282 g/mol. The first-order valence-electron chi connectivity index (χ1n) is 6.02. The lowest BCUT2D eigenvalue weighted by Gasteiger charge is -2.20. The zero-order valence-corrected chi connectivity index (χ0v) is 12.8. The Balaban J connectivity index is 3.18. The van der Waals surface area contributed by atoms with Crippen LogP contribution in [0.4, 0.5) is 11.4 Å². The molecule has 0 spiro atoms. The largest absolute Gasteiger partial charge is 0.378 e. The summed E-state index contributed by atoms with van der Waals surface area (Å²) in [6.45, 7) is 2.43. The Morgan fingerprint density at radius 1 is 1.40 bits per heavy atom. The molecule has 112 valence electrons. The zero-order chi connectivity index (χ0) is 15.5. The number of hydrogen-bond donors (Lipinski definition) is 1. The highest BCUT2D eigenvalue weighted by Crippen LogP contribution is 2.31. The van der Waals surface area contributed by atoms with E-state index >= 15 is 0 Å². The van der Waals surface area contributed by atoms with E-state index < -0.39 is 20.4 Å². The lowest BCUT2D eigenvalue weighted by atomic mass is 10.2. The van der Waals surface area contributed by atoms with Crippen molar-refractivity contribution in [2.24, 2.45) is 0 Å². The smallest absolute Gasteiger partial charge is 0.310 e. The summed E-state index contributed by atoms with van der Waals surface area (Å²) in [4.78, 5) is 12.2. The Bertz CT molecular complexity index is 599. The van der Waals surface area contributed by atoms with Gasteiger partial charge in [0.15, 0.2) is 9.84 Å². The standard InChI is InChI=1S/C12H19N3O4S/c1-9(14(2)3)8-13-10-6-5-7-11(20(4,18)19)12(10)15(16)17/h5-7,9,13H,8H2,1-4H3. The van der Waals surface area contributed by atoms with Gasteiger partial charge in [-0.25, -0.2) is 8.42 Å². The van der Waals surface area contributed by atoms with Gasteiger partial charge in [-0.2, -0.15) is 0 Å². The number of anilines is 1. The maximum atomic E-state index is 11.6. The summed E-state index contributed by atoms with van der Waals surface area (Å²) in [5.41, 5.74) is -0.187. The molecule has 0 aliphatic rings. The summed E-state index contributed by atoms with van der Waals surface area (Å²) < 4.78 is 23.2. The number of para-hydroxylation sites is 1. The first-order chi connectivity index (χ1) is 9.14. The van der Waals surface area contributed by atoms with Crippen LogP contribution in [0.2, 0.25) is 0 Å². The fourth-order valence-electron chi connectivity index (χ4n) is 1.59. The van der Waals surface area contributed by atoms with Gasteiger partial charge in [0.1, 0.15) is 10.6 Å². The predicted molar refractivity (Wildman–Crippen MR) is 77.8 cm³/mol. The van der Waals surface area contributed by atoms with Crippen LogP contribution in [0.5, 0.6) is 0 Å². The second kappa shape index (κ2) is 6.19. The molecule has 0 amide bonds. The Hall–Kier alpha value is -1.67. The van der Waals surface area contributed by atoms with E-state index in [0.717, 1.165) is 6.26 Å². The molecule has 1 N–H and O–H groups in total. The Labute approximate surface area is 118 Å². The van der Waals surface area contributed by atoms with E-state index in [1.807, 2.05) is 25.9 Å². The lowest BCUT2D eigenvalue weighted by molar-refractivity contribution is -0.386. The summed E-state index contributed by atoms with van der Waals surface area (Å²) in [7, 11) is 0.145. The summed E-state index contributed by atoms with van der Waals surface area (Å²) >= 11 is 0. The van der Waals surface area contributed by atoms with Crippen LogP contribution in [-0.4, -0.2) is 51.2 Å². The van der Waals surface area contributed by atoms with Crippen LogP contribution in [0.25, 0.3) is 0 Å². The Morgan fingerprint density at radius 3 is 2.45 bits per heavy atom. The van der Waals surface area contributed by atoms with Gasteiger partial charge in [-0.3, -0.25) is 10.1 Å². The number of rotatable bonds is 6. The molecule has 1 aromatic carbocycles. The summed E-state index contributed by atoms with van der Waals surface area (Å²) in [6, 6.07) is 4.39. The molecule has 1 atom stereocenters. The third kappa shape index (κ3) is 3.91. The third-order valence-electron chi connectivity index (χ3n) is 3.05. The molecule has 20 heavy (non-hydrogen) atoms. The Morgan fingerprint density at radius 2 is 2.00 bits per heavy atom. The molecule has 0 fully saturated rings. The van der Waals surface area contributed by atoms with Crippen molar-refractivity contribution in [3.05, 3.63) is 28.3 Å². The number of benzene rings is 1. The summed E-state index contributed by atoms with van der Waals surface area (Å²) in [5, 5.41) is 14.1. The second-order valence-corrected chi connectivity index (χ2v) is 6.86. The Kier molecular flexibility index (Phi) is 5.07. The zero-order valence-electron chi connectivity index (χ0n) is 12.0. The molecule has 8 heteroatoms. The van der Waals surface area contributed by atoms with Gasteiger partial charge in [0.2, 0.25) is 0 Å². The molecule has 0 aliphatic heterocycles.